The van der Waals surface area contributed by atoms with Crippen LogP contribution in [0.25, 0.3) is 6.08 Å². The Morgan fingerprint density at radius 2 is 1.86 bits per heavy atom. The lowest BCUT2D eigenvalue weighted by Gasteiger charge is -2.12. The maximum atomic E-state index is 12.1. The van der Waals surface area contributed by atoms with E-state index in [-0.39, 0.29) is 16.9 Å². The van der Waals surface area contributed by atoms with Gasteiger partial charge in [0.2, 0.25) is 11.8 Å². The van der Waals surface area contributed by atoms with Crippen molar-refractivity contribution in [3.05, 3.63) is 59.1 Å². The third-order valence-corrected chi connectivity index (χ3v) is 4.29. The van der Waals surface area contributed by atoms with E-state index in [1.165, 1.54) is 6.08 Å². The van der Waals surface area contributed by atoms with Crippen molar-refractivity contribution in [2.45, 2.75) is 19.8 Å². The molecule has 0 saturated carbocycles. The number of hydrogen-bond acceptors (Lipinski definition) is 4. The number of rotatable bonds is 7. The van der Waals surface area contributed by atoms with Crippen molar-refractivity contribution in [1.82, 2.24) is 5.32 Å². The summed E-state index contributed by atoms with van der Waals surface area (Å²) in [7, 11) is 1.59. The van der Waals surface area contributed by atoms with Crippen molar-refractivity contribution in [1.29, 1.82) is 0 Å². The van der Waals surface area contributed by atoms with Gasteiger partial charge < -0.3 is 15.4 Å². The number of thiocarbonyl (C=S) groups is 1. The van der Waals surface area contributed by atoms with Gasteiger partial charge >= 0.3 is 0 Å². The Balaban J connectivity index is 1.94. The number of methoxy groups -OCH3 is 1. The molecule has 0 aliphatic heterocycles. The van der Waals surface area contributed by atoms with Crippen molar-refractivity contribution >= 4 is 58.2 Å². The number of amides is 2. The molecule has 29 heavy (non-hydrogen) atoms. The van der Waals surface area contributed by atoms with Gasteiger partial charge in [-0.2, -0.15) is 0 Å². The van der Waals surface area contributed by atoms with Gasteiger partial charge in [-0.15, -0.1) is 0 Å². The first kappa shape index (κ1) is 22.4. The molecule has 0 unspecified atom stereocenters. The Bertz CT molecular complexity index is 914. The van der Waals surface area contributed by atoms with Gasteiger partial charge in [0.25, 0.3) is 0 Å². The molecule has 0 aromatic heterocycles. The highest BCUT2D eigenvalue weighted by Crippen LogP contribution is 2.25. The van der Waals surface area contributed by atoms with Crippen LogP contribution in [-0.4, -0.2) is 24.0 Å². The summed E-state index contributed by atoms with van der Waals surface area (Å²) in [5.74, 6) is 0.268. The summed E-state index contributed by atoms with van der Waals surface area (Å²) in [6.07, 6.45) is 4.22. The maximum absolute atomic E-state index is 12.1. The number of carbonyl (C=O) groups is 2. The van der Waals surface area contributed by atoms with Crippen LogP contribution in [0.15, 0.2) is 48.5 Å². The fourth-order valence-corrected chi connectivity index (χ4v) is 2.72. The molecule has 6 nitrogen and oxygen atoms in total. The highest BCUT2D eigenvalue weighted by atomic mass is 35.5. The fraction of sp³-hybridized carbons (Fsp3) is 0.190. The van der Waals surface area contributed by atoms with E-state index in [0.29, 0.717) is 22.8 Å². The summed E-state index contributed by atoms with van der Waals surface area (Å²) in [6.45, 7) is 1.93. The Labute approximate surface area is 180 Å². The number of halogens is 1. The van der Waals surface area contributed by atoms with Crippen LogP contribution in [0.2, 0.25) is 5.02 Å². The minimum atomic E-state index is -0.387. The van der Waals surface area contributed by atoms with Gasteiger partial charge in [-0.05, 0) is 60.6 Å². The van der Waals surface area contributed by atoms with E-state index in [2.05, 4.69) is 16.0 Å². The molecule has 0 aliphatic carbocycles. The lowest BCUT2D eigenvalue weighted by atomic mass is 10.2. The van der Waals surface area contributed by atoms with Crippen LogP contribution in [0.1, 0.15) is 25.3 Å². The molecular formula is C21H22ClN3O3S. The minimum absolute atomic E-state index is 0.0830. The average Bonchev–Trinajstić information content (AvgIpc) is 2.69. The number of carbonyl (C=O) groups excluding carboxylic acids is 2. The van der Waals surface area contributed by atoms with Crippen molar-refractivity contribution in [3.8, 4) is 5.75 Å². The minimum Gasteiger partial charge on any atom is -0.497 e. The average molecular weight is 432 g/mol. The third kappa shape index (κ3) is 7.56. The van der Waals surface area contributed by atoms with Crippen LogP contribution in [0.5, 0.6) is 5.75 Å². The van der Waals surface area contributed by atoms with Gasteiger partial charge in [-0.25, -0.2) is 0 Å². The van der Waals surface area contributed by atoms with E-state index in [1.807, 2.05) is 19.1 Å². The number of nitrogens with one attached hydrogen (secondary N) is 3. The lowest BCUT2D eigenvalue weighted by Crippen LogP contribution is -2.32. The van der Waals surface area contributed by atoms with Crippen LogP contribution in [0.3, 0.4) is 0 Å². The number of ether oxygens (including phenoxy) is 1. The molecule has 0 heterocycles. The van der Waals surface area contributed by atoms with Crippen LogP contribution in [0, 0.1) is 0 Å². The smallest absolute Gasteiger partial charge is 0.250 e. The van der Waals surface area contributed by atoms with Gasteiger partial charge in [0.15, 0.2) is 5.11 Å². The van der Waals surface area contributed by atoms with E-state index in [9.17, 15) is 9.59 Å². The molecule has 0 fully saturated rings. The molecule has 2 amide bonds. The molecule has 0 saturated heterocycles. The summed E-state index contributed by atoms with van der Waals surface area (Å²) in [5.41, 5.74) is 1.91. The monoisotopic (exact) mass is 431 g/mol. The van der Waals surface area contributed by atoms with Crippen LogP contribution < -0.4 is 20.7 Å². The first-order valence-corrected chi connectivity index (χ1v) is 9.73. The zero-order valence-corrected chi connectivity index (χ0v) is 17.7. The zero-order valence-electron chi connectivity index (χ0n) is 16.1. The van der Waals surface area contributed by atoms with Crippen molar-refractivity contribution in [3.63, 3.8) is 0 Å². The van der Waals surface area contributed by atoms with E-state index in [0.717, 1.165) is 17.7 Å². The van der Waals surface area contributed by atoms with Crippen molar-refractivity contribution in [2.75, 3.05) is 17.7 Å². The number of anilines is 2. The Morgan fingerprint density at radius 3 is 2.52 bits per heavy atom. The zero-order chi connectivity index (χ0) is 21.2. The quantitative estimate of drug-likeness (QED) is 0.440. The summed E-state index contributed by atoms with van der Waals surface area (Å²) in [5, 5.41) is 8.70. The van der Waals surface area contributed by atoms with Gasteiger partial charge in [0.05, 0.1) is 17.8 Å². The lowest BCUT2D eigenvalue weighted by molar-refractivity contribution is -0.116. The second-order valence-corrected chi connectivity index (χ2v) is 6.86. The molecule has 152 valence electrons. The third-order valence-electron chi connectivity index (χ3n) is 3.76. The van der Waals surface area contributed by atoms with Crippen LogP contribution in [0.4, 0.5) is 11.4 Å². The second kappa shape index (κ2) is 11.2. The van der Waals surface area contributed by atoms with Gasteiger partial charge in [0, 0.05) is 18.2 Å². The first-order chi connectivity index (χ1) is 13.9. The maximum Gasteiger partial charge on any atom is 0.250 e. The molecule has 0 spiro atoms. The molecular weight excluding hydrogens is 410 g/mol. The van der Waals surface area contributed by atoms with Gasteiger partial charge in [-0.3, -0.25) is 14.9 Å². The molecule has 8 heteroatoms. The van der Waals surface area contributed by atoms with E-state index >= 15 is 0 Å². The summed E-state index contributed by atoms with van der Waals surface area (Å²) in [6, 6.07) is 12.3. The SMILES string of the molecule is CCCC(=O)Nc1ccc(Cl)c(NC(=S)NC(=O)/C=C/c2ccc(OC)cc2)c1. The highest BCUT2D eigenvalue weighted by molar-refractivity contribution is 7.80. The number of hydrogen-bond donors (Lipinski definition) is 3. The molecule has 2 aromatic rings. The Morgan fingerprint density at radius 1 is 1.14 bits per heavy atom. The second-order valence-electron chi connectivity index (χ2n) is 6.04. The highest BCUT2D eigenvalue weighted by Gasteiger charge is 2.08. The molecule has 3 N–H and O–H groups in total. The molecule has 0 radical (unpaired) electrons. The Kier molecular flexibility index (Phi) is 8.64. The van der Waals surface area contributed by atoms with E-state index < -0.39 is 0 Å². The van der Waals surface area contributed by atoms with Crippen molar-refractivity contribution in [2.24, 2.45) is 0 Å². The van der Waals surface area contributed by atoms with Crippen molar-refractivity contribution < 1.29 is 14.3 Å². The predicted octanol–water partition coefficient (Wildman–Crippen LogP) is 4.61. The summed E-state index contributed by atoms with van der Waals surface area (Å²) >= 11 is 11.3. The summed E-state index contributed by atoms with van der Waals surface area (Å²) in [4.78, 5) is 23.8. The molecule has 2 aromatic carbocycles. The largest absolute Gasteiger partial charge is 0.497 e. The Hall–Kier alpha value is -2.90. The fourth-order valence-electron chi connectivity index (χ4n) is 2.34. The molecule has 0 aliphatic rings. The molecule has 2 rings (SSSR count). The van der Waals surface area contributed by atoms with E-state index in [1.54, 1.807) is 43.5 Å². The molecule has 0 bridgehead atoms. The first-order valence-electron chi connectivity index (χ1n) is 8.94. The standard InChI is InChI=1S/C21H22ClN3O3S/c1-3-4-19(26)23-15-8-11-17(22)18(13-15)24-21(29)25-20(27)12-7-14-5-9-16(28-2)10-6-14/h5-13H,3-4H2,1-2H3,(H,23,26)(H2,24,25,27,29)/b12-7+. The van der Waals surface area contributed by atoms with Gasteiger partial charge in [0.1, 0.15) is 5.75 Å². The number of benzene rings is 2. The summed E-state index contributed by atoms with van der Waals surface area (Å²) < 4.78 is 5.09. The topological polar surface area (TPSA) is 79.5 Å². The van der Waals surface area contributed by atoms with E-state index in [4.69, 9.17) is 28.6 Å². The van der Waals surface area contributed by atoms with Gasteiger partial charge in [-0.1, -0.05) is 30.7 Å². The van der Waals surface area contributed by atoms with Crippen LogP contribution in [-0.2, 0) is 9.59 Å². The van der Waals surface area contributed by atoms with Crippen LogP contribution >= 0.6 is 23.8 Å². The predicted molar refractivity (Wildman–Crippen MR) is 121 cm³/mol. The normalized spacial score (nSPS) is 10.4. The molecule has 0 atom stereocenters.